The fourth-order valence-corrected chi connectivity index (χ4v) is 2.06. The van der Waals surface area contributed by atoms with Crippen LogP contribution in [-0.2, 0) is 6.54 Å². The Labute approximate surface area is 127 Å². The minimum atomic E-state index is -0.186. The molecule has 0 aliphatic heterocycles. The van der Waals surface area contributed by atoms with Crippen LogP contribution in [0.15, 0.2) is 49.2 Å². The Morgan fingerprint density at radius 3 is 2.77 bits per heavy atom. The van der Waals surface area contributed by atoms with E-state index in [0.717, 1.165) is 22.2 Å². The molecule has 0 spiro atoms. The van der Waals surface area contributed by atoms with Crippen molar-refractivity contribution in [3.05, 3.63) is 60.3 Å². The summed E-state index contributed by atoms with van der Waals surface area (Å²) in [5.41, 5.74) is 2.14. The Balaban J connectivity index is 1.76. The summed E-state index contributed by atoms with van der Waals surface area (Å²) in [4.78, 5) is 24.3. The molecule has 0 aliphatic rings. The van der Waals surface area contributed by atoms with Crippen molar-refractivity contribution < 1.29 is 9.53 Å². The summed E-state index contributed by atoms with van der Waals surface area (Å²) in [6.45, 7) is 0.375. The van der Waals surface area contributed by atoms with Crippen LogP contribution in [0, 0.1) is 0 Å². The molecule has 0 saturated heterocycles. The molecule has 22 heavy (non-hydrogen) atoms. The number of methoxy groups -OCH3 is 1. The molecule has 0 saturated carbocycles. The number of nitrogens with zero attached hydrogens (tertiary/aromatic N) is 3. The molecule has 0 bridgehead atoms. The molecule has 0 fully saturated rings. The third kappa shape index (κ3) is 3.01. The van der Waals surface area contributed by atoms with E-state index in [9.17, 15) is 4.79 Å². The Hall–Kier alpha value is -3.02. The number of amides is 1. The minimum Gasteiger partial charge on any atom is -0.497 e. The molecule has 0 radical (unpaired) electrons. The summed E-state index contributed by atoms with van der Waals surface area (Å²) in [5, 5.41) is 3.70. The van der Waals surface area contributed by atoms with Crippen molar-refractivity contribution >= 4 is 16.8 Å². The Bertz CT molecular complexity index is 806. The van der Waals surface area contributed by atoms with E-state index in [1.54, 1.807) is 31.8 Å². The smallest absolute Gasteiger partial charge is 0.253 e. The van der Waals surface area contributed by atoms with Crippen molar-refractivity contribution in [1.82, 2.24) is 20.3 Å². The van der Waals surface area contributed by atoms with Crippen molar-refractivity contribution in [2.24, 2.45) is 0 Å². The van der Waals surface area contributed by atoms with Crippen LogP contribution in [0.4, 0.5) is 0 Å². The molecule has 3 aromatic rings. The first-order valence-corrected chi connectivity index (χ1v) is 6.72. The third-order valence-electron chi connectivity index (χ3n) is 3.22. The monoisotopic (exact) mass is 294 g/mol. The summed E-state index contributed by atoms with van der Waals surface area (Å²) in [6.07, 6.45) is 6.34. The molecular weight excluding hydrogens is 280 g/mol. The van der Waals surface area contributed by atoms with Gasteiger partial charge in [0.25, 0.3) is 5.91 Å². The average molecular weight is 294 g/mol. The normalized spacial score (nSPS) is 10.4. The maximum atomic E-state index is 12.2. The minimum absolute atomic E-state index is 0.186. The molecule has 1 N–H and O–H groups in total. The lowest BCUT2D eigenvalue weighted by molar-refractivity contribution is 0.0950. The average Bonchev–Trinajstić information content (AvgIpc) is 2.59. The Morgan fingerprint density at radius 2 is 2.00 bits per heavy atom. The second-order valence-electron chi connectivity index (χ2n) is 4.71. The molecule has 6 heteroatoms. The standard InChI is InChI=1S/C16H14N4O2/c1-22-14-3-2-12-4-13(9-19-15(12)5-14)16(21)20-8-11-6-17-10-18-7-11/h2-7,9-10H,8H2,1H3,(H,20,21). The molecule has 3 rings (SSSR count). The number of nitrogens with one attached hydrogen (secondary N) is 1. The number of ether oxygens (including phenoxy) is 1. The molecule has 110 valence electrons. The topological polar surface area (TPSA) is 77.0 Å². The summed E-state index contributed by atoms with van der Waals surface area (Å²) >= 11 is 0. The highest BCUT2D eigenvalue weighted by atomic mass is 16.5. The van der Waals surface area contributed by atoms with Crippen molar-refractivity contribution in [3.63, 3.8) is 0 Å². The number of carbonyl (C=O) groups excluding carboxylic acids is 1. The van der Waals surface area contributed by atoms with Gasteiger partial charge in [-0.05, 0) is 18.2 Å². The highest BCUT2D eigenvalue weighted by Gasteiger charge is 2.08. The fraction of sp³-hybridized carbons (Fsp3) is 0.125. The predicted octanol–water partition coefficient (Wildman–Crippen LogP) is 1.96. The molecule has 1 amide bonds. The van der Waals surface area contributed by atoms with E-state index in [0.29, 0.717) is 12.1 Å². The van der Waals surface area contributed by atoms with Crippen LogP contribution >= 0.6 is 0 Å². The highest BCUT2D eigenvalue weighted by molar-refractivity contribution is 5.97. The number of hydrogen-bond donors (Lipinski definition) is 1. The van der Waals surface area contributed by atoms with Crippen LogP contribution in [-0.4, -0.2) is 28.0 Å². The maximum absolute atomic E-state index is 12.2. The van der Waals surface area contributed by atoms with Gasteiger partial charge in [-0.2, -0.15) is 0 Å². The van der Waals surface area contributed by atoms with E-state index in [4.69, 9.17) is 4.74 Å². The molecule has 2 aromatic heterocycles. The second kappa shape index (κ2) is 6.17. The largest absolute Gasteiger partial charge is 0.497 e. The molecule has 0 atom stereocenters. The van der Waals surface area contributed by atoms with Crippen LogP contribution in [0.25, 0.3) is 10.9 Å². The van der Waals surface area contributed by atoms with Crippen molar-refractivity contribution in [3.8, 4) is 5.75 Å². The fourth-order valence-electron chi connectivity index (χ4n) is 2.06. The van der Waals surface area contributed by atoms with Gasteiger partial charge in [0.2, 0.25) is 0 Å². The summed E-state index contributed by atoms with van der Waals surface area (Å²) in [5.74, 6) is 0.551. The number of rotatable bonds is 4. The summed E-state index contributed by atoms with van der Waals surface area (Å²) < 4.78 is 5.16. The lowest BCUT2D eigenvalue weighted by Gasteiger charge is -2.06. The number of carbonyl (C=O) groups is 1. The van der Waals surface area contributed by atoms with Gasteiger partial charge in [0.05, 0.1) is 18.2 Å². The van der Waals surface area contributed by atoms with Gasteiger partial charge in [-0.15, -0.1) is 0 Å². The lowest BCUT2D eigenvalue weighted by atomic mass is 10.1. The van der Waals surface area contributed by atoms with Gasteiger partial charge >= 0.3 is 0 Å². The van der Waals surface area contributed by atoms with Gasteiger partial charge in [-0.1, -0.05) is 0 Å². The maximum Gasteiger partial charge on any atom is 0.253 e. The van der Waals surface area contributed by atoms with Gasteiger partial charge in [0, 0.05) is 42.2 Å². The highest BCUT2D eigenvalue weighted by Crippen LogP contribution is 2.19. The zero-order valence-electron chi connectivity index (χ0n) is 12.0. The van der Waals surface area contributed by atoms with Crippen LogP contribution < -0.4 is 10.1 Å². The zero-order chi connectivity index (χ0) is 15.4. The van der Waals surface area contributed by atoms with Gasteiger partial charge in [0.15, 0.2) is 0 Å². The first-order valence-electron chi connectivity index (χ1n) is 6.72. The van der Waals surface area contributed by atoms with Crippen molar-refractivity contribution in [1.29, 1.82) is 0 Å². The van der Waals surface area contributed by atoms with E-state index >= 15 is 0 Å². The molecule has 0 unspecified atom stereocenters. The Morgan fingerprint density at radius 1 is 1.18 bits per heavy atom. The first kappa shape index (κ1) is 13.9. The van der Waals surface area contributed by atoms with Crippen molar-refractivity contribution in [2.75, 3.05) is 7.11 Å². The molecule has 2 heterocycles. The number of pyridine rings is 1. The lowest BCUT2D eigenvalue weighted by Crippen LogP contribution is -2.23. The zero-order valence-corrected chi connectivity index (χ0v) is 12.0. The molecule has 6 nitrogen and oxygen atoms in total. The van der Waals surface area contributed by atoms with E-state index in [1.807, 2.05) is 18.2 Å². The molecular formula is C16H14N4O2. The number of aromatic nitrogens is 3. The second-order valence-corrected chi connectivity index (χ2v) is 4.71. The van der Waals surface area contributed by atoms with Gasteiger partial charge < -0.3 is 10.1 Å². The SMILES string of the molecule is COc1ccc2cc(C(=O)NCc3cncnc3)cnc2c1. The van der Waals surface area contributed by atoms with E-state index < -0.39 is 0 Å². The van der Waals surface area contributed by atoms with E-state index in [1.165, 1.54) is 6.33 Å². The van der Waals surface area contributed by atoms with Crippen LogP contribution in [0.1, 0.15) is 15.9 Å². The predicted molar refractivity (Wildman–Crippen MR) is 81.5 cm³/mol. The van der Waals surface area contributed by atoms with Crippen LogP contribution in [0.3, 0.4) is 0 Å². The molecule has 0 aliphatic carbocycles. The summed E-state index contributed by atoms with van der Waals surface area (Å²) in [6, 6.07) is 7.35. The van der Waals surface area contributed by atoms with Crippen LogP contribution in [0.2, 0.25) is 0 Å². The van der Waals surface area contributed by atoms with Crippen LogP contribution in [0.5, 0.6) is 5.75 Å². The van der Waals surface area contributed by atoms with E-state index in [2.05, 4.69) is 20.3 Å². The molecule has 1 aromatic carbocycles. The van der Waals surface area contributed by atoms with Gasteiger partial charge in [-0.25, -0.2) is 9.97 Å². The van der Waals surface area contributed by atoms with Gasteiger partial charge in [0.1, 0.15) is 12.1 Å². The summed E-state index contributed by atoms with van der Waals surface area (Å²) in [7, 11) is 1.61. The van der Waals surface area contributed by atoms with Crippen molar-refractivity contribution in [2.45, 2.75) is 6.54 Å². The number of hydrogen-bond acceptors (Lipinski definition) is 5. The quantitative estimate of drug-likeness (QED) is 0.796. The number of fused-ring (bicyclic) bond motifs is 1. The third-order valence-corrected chi connectivity index (χ3v) is 3.22. The van der Waals surface area contributed by atoms with E-state index in [-0.39, 0.29) is 5.91 Å². The number of benzene rings is 1. The first-order chi connectivity index (χ1) is 10.8. The van der Waals surface area contributed by atoms with Gasteiger partial charge in [-0.3, -0.25) is 9.78 Å². The Kier molecular flexibility index (Phi) is 3.91.